The molecule has 0 radical (unpaired) electrons. The van der Waals surface area contributed by atoms with Crippen LogP contribution in [0.25, 0.3) is 0 Å². The third kappa shape index (κ3) is 3.58. The van der Waals surface area contributed by atoms with Crippen molar-refractivity contribution in [1.82, 2.24) is 4.98 Å². The number of thiazole rings is 1. The van der Waals surface area contributed by atoms with Crippen LogP contribution < -0.4 is 10.5 Å². The van der Waals surface area contributed by atoms with E-state index in [0.29, 0.717) is 13.2 Å². The molecule has 1 aromatic carbocycles. The second-order valence-corrected chi connectivity index (χ2v) is 6.13. The van der Waals surface area contributed by atoms with E-state index in [0.717, 1.165) is 29.3 Å². The number of nitrogens with zero attached hydrogens (tertiary/aromatic N) is 1. The van der Waals surface area contributed by atoms with Gasteiger partial charge in [0.05, 0.1) is 5.69 Å². The first kappa shape index (κ1) is 15.0. The molecule has 0 bridgehead atoms. The lowest BCUT2D eigenvalue weighted by Crippen LogP contribution is -1.98. The molecule has 0 saturated carbocycles. The lowest BCUT2D eigenvalue weighted by molar-refractivity contribution is 0.305. The zero-order valence-corrected chi connectivity index (χ0v) is 13.2. The second-order valence-electron chi connectivity index (χ2n) is 4.97. The summed E-state index contributed by atoms with van der Waals surface area (Å²) < 4.78 is 5.83. The first-order chi connectivity index (χ1) is 9.63. The van der Waals surface area contributed by atoms with Gasteiger partial charge in [0.25, 0.3) is 0 Å². The zero-order chi connectivity index (χ0) is 14.5. The summed E-state index contributed by atoms with van der Waals surface area (Å²) in [7, 11) is 0. The van der Waals surface area contributed by atoms with Gasteiger partial charge in [-0.25, -0.2) is 4.98 Å². The Morgan fingerprint density at radius 1 is 1.25 bits per heavy atom. The van der Waals surface area contributed by atoms with Crippen LogP contribution in [-0.4, -0.2) is 4.98 Å². The number of hydrogen-bond acceptors (Lipinski definition) is 4. The Bertz CT molecular complexity index is 578. The summed E-state index contributed by atoms with van der Waals surface area (Å²) in [5, 5.41) is 1.01. The fourth-order valence-electron chi connectivity index (χ4n) is 2.04. The summed E-state index contributed by atoms with van der Waals surface area (Å²) in [6.07, 6.45) is 2.08. The first-order valence-corrected chi connectivity index (χ1v) is 7.83. The van der Waals surface area contributed by atoms with E-state index in [4.69, 9.17) is 10.5 Å². The predicted molar refractivity (Wildman–Crippen MR) is 84.2 cm³/mol. The van der Waals surface area contributed by atoms with Gasteiger partial charge in [-0.05, 0) is 43.5 Å². The van der Waals surface area contributed by atoms with Gasteiger partial charge in [-0.1, -0.05) is 19.4 Å². The molecule has 3 nitrogen and oxygen atoms in total. The van der Waals surface area contributed by atoms with E-state index in [9.17, 15) is 0 Å². The molecule has 1 heterocycles. The Labute approximate surface area is 124 Å². The number of ether oxygens (including phenoxy) is 1. The molecule has 0 spiro atoms. The molecule has 20 heavy (non-hydrogen) atoms. The molecule has 2 aromatic rings. The van der Waals surface area contributed by atoms with Crippen molar-refractivity contribution in [2.75, 3.05) is 0 Å². The van der Waals surface area contributed by atoms with Gasteiger partial charge in [0.2, 0.25) is 0 Å². The molecule has 2 rings (SSSR count). The molecule has 108 valence electrons. The van der Waals surface area contributed by atoms with E-state index in [2.05, 4.69) is 37.9 Å². The Morgan fingerprint density at radius 3 is 2.70 bits per heavy atom. The van der Waals surface area contributed by atoms with Crippen LogP contribution in [0, 0.1) is 13.8 Å². The Hall–Kier alpha value is -1.39. The quantitative estimate of drug-likeness (QED) is 0.881. The molecule has 2 N–H and O–H groups in total. The Kier molecular flexibility index (Phi) is 5.15. The lowest BCUT2D eigenvalue weighted by atomic mass is 10.1. The van der Waals surface area contributed by atoms with E-state index >= 15 is 0 Å². The van der Waals surface area contributed by atoms with Crippen LogP contribution in [0.4, 0.5) is 0 Å². The maximum Gasteiger partial charge on any atom is 0.140 e. The van der Waals surface area contributed by atoms with Gasteiger partial charge in [0, 0.05) is 11.4 Å². The van der Waals surface area contributed by atoms with Crippen LogP contribution in [-0.2, 0) is 19.6 Å². The van der Waals surface area contributed by atoms with Crippen molar-refractivity contribution >= 4 is 11.3 Å². The van der Waals surface area contributed by atoms with E-state index in [-0.39, 0.29) is 0 Å². The summed E-state index contributed by atoms with van der Waals surface area (Å²) in [4.78, 5) is 5.83. The van der Waals surface area contributed by atoms with Gasteiger partial charge in [-0.15, -0.1) is 11.3 Å². The minimum absolute atomic E-state index is 0.518. The van der Waals surface area contributed by atoms with Crippen LogP contribution in [0.2, 0.25) is 0 Å². The summed E-state index contributed by atoms with van der Waals surface area (Å²) in [6.45, 7) is 7.44. The number of aryl methyl sites for hydroxylation is 3. The van der Waals surface area contributed by atoms with E-state index < -0.39 is 0 Å². The fraction of sp³-hybridized carbons (Fsp3) is 0.438. The minimum atomic E-state index is 0.518. The number of nitrogens with two attached hydrogens (primary N) is 1. The van der Waals surface area contributed by atoms with Crippen molar-refractivity contribution in [3.8, 4) is 5.75 Å². The third-order valence-electron chi connectivity index (χ3n) is 3.34. The molecule has 0 fully saturated rings. The average Bonchev–Trinajstić information content (AvgIpc) is 2.83. The molecule has 0 unspecified atom stereocenters. The molecule has 1 aromatic heterocycles. The van der Waals surface area contributed by atoms with Gasteiger partial charge < -0.3 is 10.5 Å². The van der Waals surface area contributed by atoms with Gasteiger partial charge >= 0.3 is 0 Å². The predicted octanol–water partition coefficient (Wildman–Crippen LogP) is 3.75. The van der Waals surface area contributed by atoms with Crippen molar-refractivity contribution in [2.45, 2.75) is 46.8 Å². The molecule has 4 heteroatoms. The minimum Gasteiger partial charge on any atom is -0.486 e. The van der Waals surface area contributed by atoms with Crippen molar-refractivity contribution in [1.29, 1.82) is 0 Å². The molecule has 0 atom stereocenters. The molecule has 0 aliphatic carbocycles. The van der Waals surface area contributed by atoms with Gasteiger partial charge in [-0.3, -0.25) is 0 Å². The van der Waals surface area contributed by atoms with E-state index in [1.165, 1.54) is 16.0 Å². The van der Waals surface area contributed by atoms with Gasteiger partial charge in [-0.2, -0.15) is 0 Å². The lowest BCUT2D eigenvalue weighted by Gasteiger charge is -2.06. The Balaban J connectivity index is 2.04. The van der Waals surface area contributed by atoms with Crippen LogP contribution in [0.15, 0.2) is 18.2 Å². The maximum absolute atomic E-state index is 5.83. The highest BCUT2D eigenvalue weighted by molar-refractivity contribution is 7.11. The topological polar surface area (TPSA) is 48.1 Å². The smallest absolute Gasteiger partial charge is 0.140 e. The normalized spacial score (nSPS) is 10.8. The van der Waals surface area contributed by atoms with Gasteiger partial charge in [0.1, 0.15) is 17.4 Å². The van der Waals surface area contributed by atoms with Crippen molar-refractivity contribution in [3.63, 3.8) is 0 Å². The van der Waals surface area contributed by atoms with Crippen LogP contribution >= 0.6 is 11.3 Å². The molecule has 0 aliphatic heterocycles. The largest absolute Gasteiger partial charge is 0.486 e. The number of benzene rings is 1. The van der Waals surface area contributed by atoms with Crippen molar-refractivity contribution < 1.29 is 4.74 Å². The first-order valence-electron chi connectivity index (χ1n) is 7.01. The summed E-state index contributed by atoms with van der Waals surface area (Å²) >= 11 is 1.66. The monoisotopic (exact) mass is 290 g/mol. The summed E-state index contributed by atoms with van der Waals surface area (Å²) in [5.41, 5.74) is 9.43. The van der Waals surface area contributed by atoms with Crippen LogP contribution in [0.3, 0.4) is 0 Å². The van der Waals surface area contributed by atoms with E-state index in [1.807, 2.05) is 6.07 Å². The zero-order valence-electron chi connectivity index (χ0n) is 12.4. The molecule has 0 amide bonds. The van der Waals surface area contributed by atoms with Crippen LogP contribution in [0.1, 0.15) is 40.1 Å². The fourth-order valence-corrected chi connectivity index (χ4v) is 2.95. The van der Waals surface area contributed by atoms with Gasteiger partial charge in [0.15, 0.2) is 0 Å². The maximum atomic E-state index is 5.83. The molecule has 0 aliphatic rings. The highest BCUT2D eigenvalue weighted by atomic mass is 32.1. The number of hydrogen-bond donors (Lipinski definition) is 1. The molecular formula is C16H22N2OS. The molecular weight excluding hydrogens is 268 g/mol. The Morgan fingerprint density at radius 2 is 2.05 bits per heavy atom. The molecule has 0 saturated heterocycles. The van der Waals surface area contributed by atoms with Crippen molar-refractivity contribution in [2.24, 2.45) is 5.73 Å². The second kappa shape index (κ2) is 6.86. The third-order valence-corrected chi connectivity index (χ3v) is 4.43. The highest BCUT2D eigenvalue weighted by Crippen LogP contribution is 2.22. The van der Waals surface area contributed by atoms with Crippen molar-refractivity contribution in [3.05, 3.63) is 44.9 Å². The number of rotatable bonds is 6. The number of aromatic nitrogens is 1. The SMILES string of the molecule is CCCc1nc(COc2ccc(C)c(C)c2)sc1CN. The van der Waals surface area contributed by atoms with Crippen LogP contribution in [0.5, 0.6) is 5.75 Å². The average molecular weight is 290 g/mol. The standard InChI is InChI=1S/C16H22N2OS/c1-4-5-14-15(9-17)20-16(18-14)10-19-13-7-6-11(2)12(3)8-13/h6-8H,4-5,9-10,17H2,1-3H3. The summed E-state index contributed by atoms with van der Waals surface area (Å²) in [6, 6.07) is 6.16. The highest BCUT2D eigenvalue weighted by Gasteiger charge is 2.09. The van der Waals surface area contributed by atoms with E-state index in [1.54, 1.807) is 11.3 Å². The summed E-state index contributed by atoms with van der Waals surface area (Å²) in [5.74, 6) is 0.898.